The van der Waals surface area contributed by atoms with E-state index in [9.17, 15) is 17.2 Å². The molecule has 0 atom stereocenters. The fourth-order valence-corrected chi connectivity index (χ4v) is 2.51. The Morgan fingerprint density at radius 2 is 1.90 bits per heavy atom. The lowest BCUT2D eigenvalue weighted by Gasteiger charge is -2.08. The van der Waals surface area contributed by atoms with E-state index in [1.54, 1.807) is 19.2 Å². The van der Waals surface area contributed by atoms with Crippen molar-refractivity contribution in [2.75, 3.05) is 26.8 Å². The molecule has 0 radical (unpaired) electrons. The lowest BCUT2D eigenvalue weighted by atomic mass is 10.2. The van der Waals surface area contributed by atoms with E-state index in [0.717, 1.165) is 5.56 Å². The maximum atomic E-state index is 11.9. The molecule has 0 aliphatic rings. The number of nitrogens with one attached hydrogen (secondary N) is 2. The van der Waals surface area contributed by atoms with Crippen molar-refractivity contribution >= 4 is 10.0 Å². The van der Waals surface area contributed by atoms with E-state index in [4.69, 9.17) is 0 Å². The highest BCUT2D eigenvalue weighted by Crippen LogP contribution is 2.10. The molecule has 0 unspecified atom stereocenters. The molecular formula is C12H18F2N2O3S. The van der Waals surface area contributed by atoms with Crippen molar-refractivity contribution in [3.63, 3.8) is 0 Å². The fraction of sp³-hybridized carbons (Fsp3) is 0.500. The molecule has 1 aromatic carbocycles. The molecule has 8 heteroatoms. The van der Waals surface area contributed by atoms with E-state index in [1.807, 2.05) is 0 Å². The Balaban J connectivity index is 2.47. The van der Waals surface area contributed by atoms with Crippen LogP contribution in [-0.2, 0) is 21.3 Å². The minimum atomic E-state index is -3.63. The number of halogens is 2. The van der Waals surface area contributed by atoms with Crippen LogP contribution in [0.4, 0.5) is 8.78 Å². The number of benzene rings is 1. The van der Waals surface area contributed by atoms with Crippen LogP contribution in [-0.4, -0.2) is 41.6 Å². The minimum absolute atomic E-state index is 0.0483. The second-order valence-corrected chi connectivity index (χ2v) is 5.81. The molecule has 1 aromatic rings. The predicted octanol–water partition coefficient (Wildman–Crippen LogP) is 0.966. The largest absolute Gasteiger partial charge is 0.374 e. The Kier molecular flexibility index (Phi) is 7.00. The van der Waals surface area contributed by atoms with Crippen molar-refractivity contribution in [2.24, 2.45) is 0 Å². The molecule has 114 valence electrons. The normalized spacial score (nSPS) is 12.0. The zero-order chi connectivity index (χ0) is 15.0. The van der Waals surface area contributed by atoms with Gasteiger partial charge in [0.2, 0.25) is 10.0 Å². The summed E-state index contributed by atoms with van der Waals surface area (Å²) < 4.78 is 54.2. The van der Waals surface area contributed by atoms with Crippen LogP contribution in [0.2, 0.25) is 0 Å². The van der Waals surface area contributed by atoms with Crippen LogP contribution < -0.4 is 10.0 Å². The van der Waals surface area contributed by atoms with Crippen molar-refractivity contribution in [1.82, 2.24) is 10.0 Å². The Morgan fingerprint density at radius 3 is 2.45 bits per heavy atom. The molecule has 0 fully saturated rings. The molecule has 0 aliphatic carbocycles. The van der Waals surface area contributed by atoms with E-state index in [1.165, 1.54) is 12.1 Å². The second-order valence-electron chi connectivity index (χ2n) is 4.04. The van der Waals surface area contributed by atoms with Crippen molar-refractivity contribution in [2.45, 2.75) is 17.9 Å². The third kappa shape index (κ3) is 5.91. The third-order valence-corrected chi connectivity index (χ3v) is 3.87. The summed E-state index contributed by atoms with van der Waals surface area (Å²) in [5, 5.41) is 2.96. The van der Waals surface area contributed by atoms with Crippen LogP contribution in [0.5, 0.6) is 0 Å². The average Bonchev–Trinajstić information content (AvgIpc) is 2.39. The molecule has 20 heavy (non-hydrogen) atoms. The van der Waals surface area contributed by atoms with E-state index < -0.39 is 23.1 Å². The van der Waals surface area contributed by atoms with Crippen LogP contribution in [0, 0.1) is 0 Å². The SMILES string of the molecule is CNCc1ccc(S(=O)(=O)NCCOCC(F)F)cc1. The van der Waals surface area contributed by atoms with Crippen molar-refractivity contribution in [1.29, 1.82) is 0 Å². The van der Waals surface area contributed by atoms with Crippen LogP contribution in [0.25, 0.3) is 0 Å². The van der Waals surface area contributed by atoms with Gasteiger partial charge in [0.25, 0.3) is 6.43 Å². The fourth-order valence-electron chi connectivity index (χ4n) is 1.49. The summed E-state index contributed by atoms with van der Waals surface area (Å²) in [6, 6.07) is 6.40. The number of alkyl halides is 2. The highest BCUT2D eigenvalue weighted by molar-refractivity contribution is 7.89. The molecule has 2 N–H and O–H groups in total. The summed E-state index contributed by atoms with van der Waals surface area (Å²) in [6.07, 6.45) is -2.55. The highest BCUT2D eigenvalue weighted by atomic mass is 32.2. The molecule has 0 heterocycles. The topological polar surface area (TPSA) is 67.4 Å². The number of hydrogen-bond donors (Lipinski definition) is 2. The van der Waals surface area contributed by atoms with Gasteiger partial charge in [-0.25, -0.2) is 21.9 Å². The predicted molar refractivity (Wildman–Crippen MR) is 71.2 cm³/mol. The number of rotatable bonds is 9. The van der Waals surface area contributed by atoms with Crippen LogP contribution >= 0.6 is 0 Å². The molecular weight excluding hydrogens is 290 g/mol. The molecule has 0 amide bonds. The molecule has 1 rings (SSSR count). The van der Waals surface area contributed by atoms with E-state index in [2.05, 4.69) is 14.8 Å². The van der Waals surface area contributed by atoms with Gasteiger partial charge >= 0.3 is 0 Å². The van der Waals surface area contributed by atoms with Crippen molar-refractivity contribution in [3.8, 4) is 0 Å². The van der Waals surface area contributed by atoms with Gasteiger partial charge in [0.15, 0.2) is 0 Å². The Bertz CT molecular complexity index is 492. The zero-order valence-corrected chi connectivity index (χ0v) is 11.9. The van der Waals surface area contributed by atoms with Crippen molar-refractivity contribution < 1.29 is 21.9 Å². The van der Waals surface area contributed by atoms with E-state index in [-0.39, 0.29) is 18.0 Å². The maximum Gasteiger partial charge on any atom is 0.261 e. The smallest absolute Gasteiger partial charge is 0.261 e. The lowest BCUT2D eigenvalue weighted by molar-refractivity contribution is 0.0199. The molecule has 0 spiro atoms. The zero-order valence-electron chi connectivity index (χ0n) is 11.1. The first kappa shape index (κ1) is 17.0. The summed E-state index contributed by atoms with van der Waals surface area (Å²) in [6.45, 7) is -0.190. The van der Waals surface area contributed by atoms with Crippen molar-refractivity contribution in [3.05, 3.63) is 29.8 Å². The van der Waals surface area contributed by atoms with Gasteiger partial charge in [0.1, 0.15) is 6.61 Å². The van der Waals surface area contributed by atoms with Gasteiger partial charge in [-0.3, -0.25) is 0 Å². The summed E-state index contributed by atoms with van der Waals surface area (Å²) >= 11 is 0. The monoisotopic (exact) mass is 308 g/mol. The number of ether oxygens (including phenoxy) is 1. The first-order valence-electron chi connectivity index (χ1n) is 6.05. The summed E-state index contributed by atoms with van der Waals surface area (Å²) in [7, 11) is -1.83. The van der Waals surface area contributed by atoms with Crippen LogP contribution in [0.15, 0.2) is 29.2 Å². The van der Waals surface area contributed by atoms with Gasteiger partial charge in [0.05, 0.1) is 11.5 Å². The van der Waals surface area contributed by atoms with Gasteiger partial charge in [-0.1, -0.05) is 12.1 Å². The van der Waals surface area contributed by atoms with E-state index >= 15 is 0 Å². The van der Waals surface area contributed by atoms with Gasteiger partial charge < -0.3 is 10.1 Å². The van der Waals surface area contributed by atoms with Gasteiger partial charge in [0, 0.05) is 13.1 Å². The highest BCUT2D eigenvalue weighted by Gasteiger charge is 2.13. The summed E-state index contributed by atoms with van der Waals surface area (Å²) in [4.78, 5) is 0.131. The Hall–Kier alpha value is -1.09. The van der Waals surface area contributed by atoms with E-state index in [0.29, 0.717) is 6.54 Å². The standard InChI is InChI=1S/C12H18F2N2O3S/c1-15-8-10-2-4-11(5-3-10)20(17,18)16-6-7-19-9-12(13)14/h2-5,12,15-16H,6-9H2,1H3. The molecule has 5 nitrogen and oxygen atoms in total. The second kappa shape index (κ2) is 8.25. The molecule has 0 saturated carbocycles. The van der Waals surface area contributed by atoms with Crippen LogP contribution in [0.1, 0.15) is 5.56 Å². The summed E-state index contributed by atoms with van der Waals surface area (Å²) in [5.41, 5.74) is 0.965. The maximum absolute atomic E-state index is 11.9. The molecule has 0 aromatic heterocycles. The average molecular weight is 308 g/mol. The van der Waals surface area contributed by atoms with Gasteiger partial charge in [-0.15, -0.1) is 0 Å². The van der Waals surface area contributed by atoms with Gasteiger partial charge in [-0.05, 0) is 24.7 Å². The first-order valence-corrected chi connectivity index (χ1v) is 7.53. The quantitative estimate of drug-likeness (QED) is 0.667. The Labute approximate surface area is 117 Å². The number of hydrogen-bond acceptors (Lipinski definition) is 4. The lowest BCUT2D eigenvalue weighted by Crippen LogP contribution is -2.28. The molecule has 0 saturated heterocycles. The van der Waals surface area contributed by atoms with Crippen LogP contribution in [0.3, 0.4) is 0 Å². The summed E-state index contributed by atoms with van der Waals surface area (Å²) in [5.74, 6) is 0. The Morgan fingerprint density at radius 1 is 1.25 bits per heavy atom. The molecule has 0 bridgehead atoms. The minimum Gasteiger partial charge on any atom is -0.374 e. The number of sulfonamides is 1. The molecule has 0 aliphatic heterocycles. The first-order chi connectivity index (χ1) is 9.45. The van der Waals surface area contributed by atoms with Gasteiger partial charge in [-0.2, -0.15) is 0 Å². The third-order valence-electron chi connectivity index (χ3n) is 2.40.